The molecule has 0 spiro atoms. The van der Waals surface area contributed by atoms with Crippen LogP contribution in [0.1, 0.15) is 64.0 Å². The highest BCUT2D eigenvalue weighted by Crippen LogP contribution is 2.35. The smallest absolute Gasteiger partial charge is 0.243 e. The molecule has 34 heavy (non-hydrogen) atoms. The average molecular weight is 468 g/mol. The standard InChI is InChI=1S/C27H37N3O4/c1-5-19(4)28-25(32)23(6-2)30(17-20-11-9-10-18(3)16-20)24(31)14-15-29-26(33)21-12-7-8-13-22(21)27(29)34/h7-11,16,19,21-23H,5-6,12-15,17H2,1-4H3,(H,28,32)/t19-,21-,22+,23-/m0/s1. The molecule has 0 unspecified atom stereocenters. The van der Waals surface area contributed by atoms with E-state index in [9.17, 15) is 19.2 Å². The molecule has 0 bridgehead atoms. The van der Waals surface area contributed by atoms with Gasteiger partial charge in [0, 0.05) is 25.6 Å². The van der Waals surface area contributed by atoms with E-state index in [1.165, 1.54) is 4.90 Å². The molecule has 184 valence electrons. The Morgan fingerprint density at radius 1 is 1.09 bits per heavy atom. The van der Waals surface area contributed by atoms with Crippen molar-refractivity contribution < 1.29 is 19.2 Å². The Balaban J connectivity index is 1.76. The molecule has 1 aromatic carbocycles. The number of allylic oxidation sites excluding steroid dienone is 2. The molecule has 7 heteroatoms. The van der Waals surface area contributed by atoms with Gasteiger partial charge in [0.1, 0.15) is 6.04 Å². The van der Waals surface area contributed by atoms with Crippen LogP contribution in [-0.4, -0.2) is 52.1 Å². The first-order valence-electron chi connectivity index (χ1n) is 12.4. The summed E-state index contributed by atoms with van der Waals surface area (Å²) in [5.74, 6) is -1.39. The number of imide groups is 1. The third kappa shape index (κ3) is 5.75. The molecule has 0 saturated carbocycles. The fourth-order valence-electron chi connectivity index (χ4n) is 4.81. The molecule has 1 aliphatic heterocycles. The lowest BCUT2D eigenvalue weighted by atomic mass is 9.85. The lowest BCUT2D eigenvalue weighted by Gasteiger charge is -2.32. The minimum Gasteiger partial charge on any atom is -0.352 e. The van der Waals surface area contributed by atoms with Gasteiger partial charge < -0.3 is 10.2 Å². The van der Waals surface area contributed by atoms with Crippen LogP contribution in [0.5, 0.6) is 0 Å². The number of hydrogen-bond donors (Lipinski definition) is 1. The van der Waals surface area contributed by atoms with Gasteiger partial charge in [-0.1, -0.05) is 55.8 Å². The summed E-state index contributed by atoms with van der Waals surface area (Å²) >= 11 is 0. The quantitative estimate of drug-likeness (QED) is 0.422. The third-order valence-electron chi connectivity index (χ3n) is 6.97. The number of benzene rings is 1. The van der Waals surface area contributed by atoms with Crippen LogP contribution in [0.3, 0.4) is 0 Å². The summed E-state index contributed by atoms with van der Waals surface area (Å²) < 4.78 is 0. The van der Waals surface area contributed by atoms with Gasteiger partial charge in [-0.3, -0.25) is 24.1 Å². The highest BCUT2D eigenvalue weighted by Gasteiger charge is 2.47. The largest absolute Gasteiger partial charge is 0.352 e. The number of nitrogens with one attached hydrogen (secondary N) is 1. The first-order chi connectivity index (χ1) is 16.3. The molecule has 0 radical (unpaired) electrons. The number of amides is 4. The highest BCUT2D eigenvalue weighted by atomic mass is 16.2. The van der Waals surface area contributed by atoms with E-state index in [1.54, 1.807) is 4.90 Å². The molecule has 1 saturated heterocycles. The maximum Gasteiger partial charge on any atom is 0.243 e. The van der Waals surface area contributed by atoms with Crippen LogP contribution < -0.4 is 5.32 Å². The summed E-state index contributed by atoms with van der Waals surface area (Å²) in [5.41, 5.74) is 2.01. The Morgan fingerprint density at radius 3 is 2.29 bits per heavy atom. The predicted octanol–water partition coefficient (Wildman–Crippen LogP) is 3.36. The van der Waals surface area contributed by atoms with Crippen LogP contribution in [0.2, 0.25) is 0 Å². The molecular formula is C27H37N3O4. The number of rotatable bonds is 10. The summed E-state index contributed by atoms with van der Waals surface area (Å²) in [5, 5.41) is 3.00. The van der Waals surface area contributed by atoms with Crippen LogP contribution in [-0.2, 0) is 25.7 Å². The van der Waals surface area contributed by atoms with E-state index in [1.807, 2.05) is 64.1 Å². The van der Waals surface area contributed by atoms with Crippen molar-refractivity contribution in [2.24, 2.45) is 11.8 Å². The second-order valence-electron chi connectivity index (χ2n) is 9.49. The van der Waals surface area contributed by atoms with Gasteiger partial charge >= 0.3 is 0 Å². The maximum atomic E-state index is 13.5. The molecule has 1 heterocycles. The van der Waals surface area contributed by atoms with Crippen molar-refractivity contribution in [3.63, 3.8) is 0 Å². The predicted molar refractivity (Wildman–Crippen MR) is 130 cm³/mol. The van der Waals surface area contributed by atoms with E-state index in [4.69, 9.17) is 0 Å². The van der Waals surface area contributed by atoms with Gasteiger partial charge in [0.25, 0.3) is 0 Å². The van der Waals surface area contributed by atoms with Crippen molar-refractivity contribution in [1.29, 1.82) is 0 Å². The summed E-state index contributed by atoms with van der Waals surface area (Å²) in [6.07, 6.45) is 6.32. The van der Waals surface area contributed by atoms with Crippen molar-refractivity contribution in [3.05, 3.63) is 47.5 Å². The Hall–Kier alpha value is -2.96. The molecule has 1 aromatic rings. The van der Waals surface area contributed by atoms with Crippen molar-refractivity contribution in [3.8, 4) is 0 Å². The zero-order chi connectivity index (χ0) is 24.8. The number of aryl methyl sites for hydroxylation is 1. The molecule has 0 aromatic heterocycles. The molecule has 4 atom stereocenters. The SMILES string of the molecule is CC[C@H](C)NC(=O)[C@H](CC)N(Cc1cccc(C)c1)C(=O)CCN1C(=O)[C@H]2CC=CC[C@H]2C1=O. The second-order valence-corrected chi connectivity index (χ2v) is 9.49. The van der Waals surface area contributed by atoms with E-state index < -0.39 is 6.04 Å². The van der Waals surface area contributed by atoms with Crippen LogP contribution >= 0.6 is 0 Å². The molecule has 1 fully saturated rings. The van der Waals surface area contributed by atoms with Gasteiger partial charge in [0.15, 0.2) is 0 Å². The number of nitrogens with zero attached hydrogens (tertiary/aromatic N) is 2. The zero-order valence-electron chi connectivity index (χ0n) is 20.8. The van der Waals surface area contributed by atoms with Gasteiger partial charge in [0.2, 0.25) is 23.6 Å². The Morgan fingerprint density at radius 2 is 1.74 bits per heavy atom. The van der Waals surface area contributed by atoms with E-state index in [2.05, 4.69) is 5.32 Å². The molecule has 1 N–H and O–H groups in total. The normalized spacial score (nSPS) is 21.2. The first-order valence-corrected chi connectivity index (χ1v) is 12.4. The van der Waals surface area contributed by atoms with Crippen molar-refractivity contribution in [2.75, 3.05) is 6.54 Å². The average Bonchev–Trinajstić information content (AvgIpc) is 3.07. The van der Waals surface area contributed by atoms with Crippen LogP contribution in [0.4, 0.5) is 0 Å². The topological polar surface area (TPSA) is 86.8 Å². The highest BCUT2D eigenvalue weighted by molar-refractivity contribution is 6.05. The molecule has 4 amide bonds. The van der Waals surface area contributed by atoms with Crippen LogP contribution in [0, 0.1) is 18.8 Å². The van der Waals surface area contributed by atoms with Gasteiger partial charge in [0.05, 0.1) is 11.8 Å². The van der Waals surface area contributed by atoms with E-state index >= 15 is 0 Å². The summed E-state index contributed by atoms with van der Waals surface area (Å²) in [6.45, 7) is 8.17. The van der Waals surface area contributed by atoms with Gasteiger partial charge in [-0.25, -0.2) is 0 Å². The number of carbonyl (C=O) groups is 4. The Bertz CT molecular complexity index is 931. The molecule has 3 rings (SSSR count). The Labute approximate surface area is 202 Å². The van der Waals surface area contributed by atoms with E-state index in [-0.39, 0.29) is 54.5 Å². The fraction of sp³-hybridized carbons (Fsp3) is 0.556. The third-order valence-corrected chi connectivity index (χ3v) is 6.97. The molecule has 7 nitrogen and oxygen atoms in total. The second kappa shape index (κ2) is 11.4. The number of likely N-dealkylation sites (tertiary alicyclic amines) is 1. The van der Waals surface area contributed by atoms with Gasteiger partial charge in [-0.2, -0.15) is 0 Å². The summed E-state index contributed by atoms with van der Waals surface area (Å²) in [4.78, 5) is 55.0. The lowest BCUT2D eigenvalue weighted by Crippen LogP contribution is -2.51. The van der Waals surface area contributed by atoms with Gasteiger partial charge in [-0.05, 0) is 45.1 Å². The first kappa shape index (κ1) is 25.7. The number of hydrogen-bond acceptors (Lipinski definition) is 4. The van der Waals surface area contributed by atoms with Crippen molar-refractivity contribution >= 4 is 23.6 Å². The Kier molecular flexibility index (Phi) is 8.64. The maximum absolute atomic E-state index is 13.5. The number of carbonyl (C=O) groups excluding carboxylic acids is 4. The molecular weight excluding hydrogens is 430 g/mol. The molecule has 1 aliphatic carbocycles. The van der Waals surface area contributed by atoms with Crippen molar-refractivity contribution in [1.82, 2.24) is 15.1 Å². The van der Waals surface area contributed by atoms with Crippen LogP contribution in [0.15, 0.2) is 36.4 Å². The monoisotopic (exact) mass is 467 g/mol. The zero-order valence-corrected chi connectivity index (χ0v) is 20.8. The van der Waals surface area contributed by atoms with E-state index in [0.717, 1.165) is 17.5 Å². The fourth-order valence-corrected chi connectivity index (χ4v) is 4.81. The minimum absolute atomic E-state index is 0.00325. The van der Waals surface area contributed by atoms with Crippen molar-refractivity contribution in [2.45, 2.75) is 78.4 Å². The van der Waals surface area contributed by atoms with Crippen LogP contribution in [0.25, 0.3) is 0 Å². The summed E-state index contributed by atoms with van der Waals surface area (Å²) in [7, 11) is 0. The summed E-state index contributed by atoms with van der Waals surface area (Å²) in [6, 6.07) is 7.25. The van der Waals surface area contributed by atoms with Gasteiger partial charge in [-0.15, -0.1) is 0 Å². The number of fused-ring (bicyclic) bond motifs is 1. The van der Waals surface area contributed by atoms with E-state index in [0.29, 0.717) is 25.8 Å². The minimum atomic E-state index is -0.626. The molecule has 2 aliphatic rings. The lowest BCUT2D eigenvalue weighted by molar-refractivity contribution is -0.144.